The summed E-state index contributed by atoms with van der Waals surface area (Å²) in [6, 6.07) is 1.95. The molecule has 5 nitrogen and oxygen atoms in total. The fourth-order valence-corrected chi connectivity index (χ4v) is 3.24. The van der Waals surface area contributed by atoms with Crippen molar-refractivity contribution in [2.45, 2.75) is 44.1 Å². The summed E-state index contributed by atoms with van der Waals surface area (Å²) in [5.74, 6) is -2.37. The van der Waals surface area contributed by atoms with E-state index in [-0.39, 0.29) is 38.4 Å². The number of nitrogens with one attached hydrogen (secondary N) is 1. The Kier molecular flexibility index (Phi) is 4.42. The predicted octanol–water partition coefficient (Wildman–Crippen LogP) is 1.61. The van der Waals surface area contributed by atoms with Crippen molar-refractivity contribution >= 4 is 5.91 Å². The molecule has 22 heavy (non-hydrogen) atoms. The molecule has 0 saturated carbocycles. The highest BCUT2D eigenvalue weighted by Crippen LogP contribution is 2.28. The third-order valence-corrected chi connectivity index (χ3v) is 4.60. The van der Waals surface area contributed by atoms with E-state index < -0.39 is 5.92 Å². The van der Waals surface area contributed by atoms with Gasteiger partial charge in [-0.25, -0.2) is 8.78 Å². The molecule has 3 rings (SSSR count). The molecular formula is C15H22F2N4O. The molecule has 2 aliphatic heterocycles. The molecule has 0 aliphatic carbocycles. The number of carbonyl (C=O) groups is 1. The lowest BCUT2D eigenvalue weighted by Crippen LogP contribution is -2.44. The Morgan fingerprint density at radius 1 is 1.41 bits per heavy atom. The molecule has 0 aromatic carbocycles. The van der Waals surface area contributed by atoms with Gasteiger partial charge in [0.25, 0.3) is 5.92 Å². The number of likely N-dealkylation sites (tertiary alicyclic amines) is 1. The van der Waals surface area contributed by atoms with Gasteiger partial charge in [0.1, 0.15) is 6.54 Å². The summed E-state index contributed by atoms with van der Waals surface area (Å²) in [7, 11) is 0. The van der Waals surface area contributed by atoms with Crippen LogP contribution in [0.4, 0.5) is 8.78 Å². The van der Waals surface area contributed by atoms with Gasteiger partial charge in [0.05, 0.1) is 0 Å². The van der Waals surface area contributed by atoms with Crippen molar-refractivity contribution in [3.8, 4) is 0 Å². The largest absolute Gasteiger partial charge is 0.341 e. The molecule has 1 amide bonds. The van der Waals surface area contributed by atoms with Crippen LogP contribution in [0.2, 0.25) is 0 Å². The quantitative estimate of drug-likeness (QED) is 0.922. The summed E-state index contributed by atoms with van der Waals surface area (Å²) >= 11 is 0. The third kappa shape index (κ3) is 3.45. The van der Waals surface area contributed by atoms with Crippen molar-refractivity contribution in [1.82, 2.24) is 20.0 Å². The Hall–Kier alpha value is -1.50. The van der Waals surface area contributed by atoms with E-state index in [1.54, 1.807) is 10.9 Å². The summed E-state index contributed by atoms with van der Waals surface area (Å²) in [4.78, 5) is 13.8. The van der Waals surface area contributed by atoms with E-state index in [2.05, 4.69) is 10.4 Å². The number of hydrogen-bond donors (Lipinski definition) is 1. The number of piperidine rings is 2. The first-order valence-electron chi connectivity index (χ1n) is 7.93. The number of aromatic nitrogens is 2. The summed E-state index contributed by atoms with van der Waals surface area (Å²) < 4.78 is 28.1. The van der Waals surface area contributed by atoms with Crippen LogP contribution >= 0.6 is 0 Å². The number of hydrogen-bond acceptors (Lipinski definition) is 3. The molecular weight excluding hydrogens is 290 g/mol. The van der Waals surface area contributed by atoms with Crippen molar-refractivity contribution < 1.29 is 13.6 Å². The number of carbonyl (C=O) groups excluding carboxylic acids is 1. The maximum atomic E-state index is 13.2. The van der Waals surface area contributed by atoms with E-state index in [9.17, 15) is 13.6 Å². The van der Waals surface area contributed by atoms with E-state index in [1.165, 1.54) is 4.90 Å². The normalized spacial score (nSPS) is 25.2. The Balaban J connectivity index is 1.61. The summed E-state index contributed by atoms with van der Waals surface area (Å²) in [6.07, 6.45) is 3.43. The van der Waals surface area contributed by atoms with Crippen LogP contribution in [0, 0.1) is 0 Å². The number of alkyl halides is 2. The molecule has 2 fully saturated rings. The van der Waals surface area contributed by atoms with Crippen LogP contribution < -0.4 is 5.32 Å². The van der Waals surface area contributed by atoms with E-state index in [0.29, 0.717) is 5.92 Å². The molecule has 1 aromatic rings. The van der Waals surface area contributed by atoms with E-state index in [0.717, 1.165) is 31.6 Å². The standard InChI is InChI=1S/C15H22F2N4O/c16-15(17)4-8-20(9-5-15)14(22)11-21-13(3-7-19-21)12-2-1-6-18-10-12/h3,7,12,18H,1-2,4-6,8-11H2. The van der Waals surface area contributed by atoms with Gasteiger partial charge in [-0.05, 0) is 25.5 Å². The van der Waals surface area contributed by atoms with E-state index >= 15 is 0 Å². The summed E-state index contributed by atoms with van der Waals surface area (Å²) in [5.41, 5.74) is 1.06. The smallest absolute Gasteiger partial charge is 0.251 e. The first kappa shape index (κ1) is 15.4. The average Bonchev–Trinajstić information content (AvgIpc) is 2.96. The molecule has 7 heteroatoms. The van der Waals surface area contributed by atoms with Crippen molar-refractivity contribution in [3.63, 3.8) is 0 Å². The van der Waals surface area contributed by atoms with Crippen molar-refractivity contribution in [1.29, 1.82) is 0 Å². The second kappa shape index (κ2) is 6.32. The second-order valence-electron chi connectivity index (χ2n) is 6.19. The number of rotatable bonds is 3. The summed E-state index contributed by atoms with van der Waals surface area (Å²) in [6.45, 7) is 2.34. The van der Waals surface area contributed by atoms with Crippen molar-refractivity contribution in [2.24, 2.45) is 0 Å². The summed E-state index contributed by atoms with van der Waals surface area (Å²) in [5, 5.41) is 7.60. The Morgan fingerprint density at radius 3 is 2.86 bits per heavy atom. The number of halogens is 2. The van der Waals surface area contributed by atoms with Crippen LogP contribution in [0.1, 0.15) is 37.3 Å². The molecule has 1 aromatic heterocycles. The maximum Gasteiger partial charge on any atom is 0.251 e. The van der Waals surface area contributed by atoms with Crippen LogP contribution in [0.25, 0.3) is 0 Å². The molecule has 0 spiro atoms. The fraction of sp³-hybridized carbons (Fsp3) is 0.733. The Bertz CT molecular complexity index is 515. The first-order chi connectivity index (χ1) is 10.6. The van der Waals surface area contributed by atoms with Gasteiger partial charge in [-0.2, -0.15) is 5.10 Å². The monoisotopic (exact) mass is 312 g/mol. The van der Waals surface area contributed by atoms with Crippen LogP contribution in [0.15, 0.2) is 12.3 Å². The van der Waals surface area contributed by atoms with Gasteiger partial charge in [-0.15, -0.1) is 0 Å². The predicted molar refractivity (Wildman–Crippen MR) is 77.8 cm³/mol. The van der Waals surface area contributed by atoms with Crippen LogP contribution in [-0.4, -0.2) is 52.7 Å². The number of amides is 1. The van der Waals surface area contributed by atoms with Gasteiger partial charge >= 0.3 is 0 Å². The third-order valence-electron chi connectivity index (χ3n) is 4.60. The second-order valence-corrected chi connectivity index (χ2v) is 6.19. The Labute approximate surface area is 128 Å². The fourth-order valence-electron chi connectivity index (χ4n) is 3.24. The van der Waals surface area contributed by atoms with Gasteiger partial charge in [0, 0.05) is 50.3 Å². The molecule has 0 bridgehead atoms. The van der Waals surface area contributed by atoms with Crippen LogP contribution in [-0.2, 0) is 11.3 Å². The Morgan fingerprint density at radius 2 is 2.18 bits per heavy atom. The van der Waals surface area contributed by atoms with Gasteiger partial charge in [-0.1, -0.05) is 0 Å². The molecule has 122 valence electrons. The minimum atomic E-state index is -2.62. The minimum absolute atomic E-state index is 0.121. The lowest BCUT2D eigenvalue weighted by molar-refractivity contribution is -0.138. The van der Waals surface area contributed by atoms with Crippen molar-refractivity contribution in [3.05, 3.63) is 18.0 Å². The molecule has 1 N–H and O–H groups in total. The lowest BCUT2D eigenvalue weighted by atomic mass is 9.96. The molecule has 1 atom stereocenters. The topological polar surface area (TPSA) is 50.2 Å². The SMILES string of the molecule is O=C(Cn1nccc1C1CCCNC1)N1CCC(F)(F)CC1. The highest BCUT2D eigenvalue weighted by molar-refractivity contribution is 5.76. The lowest BCUT2D eigenvalue weighted by Gasteiger charge is -2.32. The van der Waals surface area contributed by atoms with Gasteiger partial charge in [0.15, 0.2) is 0 Å². The van der Waals surface area contributed by atoms with Crippen LogP contribution in [0.3, 0.4) is 0 Å². The number of nitrogens with zero attached hydrogens (tertiary/aromatic N) is 3. The molecule has 1 unspecified atom stereocenters. The highest BCUT2D eigenvalue weighted by Gasteiger charge is 2.35. The average molecular weight is 312 g/mol. The molecule has 0 radical (unpaired) electrons. The zero-order chi connectivity index (χ0) is 15.6. The van der Waals surface area contributed by atoms with Gasteiger partial charge in [-0.3, -0.25) is 9.48 Å². The maximum absolute atomic E-state index is 13.2. The zero-order valence-electron chi connectivity index (χ0n) is 12.6. The van der Waals surface area contributed by atoms with Gasteiger partial charge < -0.3 is 10.2 Å². The first-order valence-corrected chi connectivity index (χ1v) is 7.93. The zero-order valence-corrected chi connectivity index (χ0v) is 12.6. The minimum Gasteiger partial charge on any atom is -0.341 e. The van der Waals surface area contributed by atoms with Crippen LogP contribution in [0.5, 0.6) is 0 Å². The highest BCUT2D eigenvalue weighted by atomic mass is 19.3. The molecule has 3 heterocycles. The molecule has 2 saturated heterocycles. The van der Waals surface area contributed by atoms with Gasteiger partial charge in [0.2, 0.25) is 5.91 Å². The molecule has 2 aliphatic rings. The van der Waals surface area contributed by atoms with Crippen molar-refractivity contribution in [2.75, 3.05) is 26.2 Å². The van der Waals surface area contributed by atoms with E-state index in [1.807, 2.05) is 6.07 Å². The van der Waals surface area contributed by atoms with E-state index in [4.69, 9.17) is 0 Å².